The molecule has 10 nitrogen and oxygen atoms in total. The molecule has 0 bridgehead atoms. The minimum atomic E-state index is -1.09. The summed E-state index contributed by atoms with van der Waals surface area (Å²) in [5.41, 5.74) is 1.47. The van der Waals surface area contributed by atoms with Crippen LogP contribution in [0.1, 0.15) is 39.7 Å². The molecule has 0 saturated carbocycles. The molecule has 10 heteroatoms. The highest BCUT2D eigenvalue weighted by molar-refractivity contribution is 5.98. The summed E-state index contributed by atoms with van der Waals surface area (Å²) >= 11 is 0. The Kier molecular flexibility index (Phi) is 9.96. The maximum atomic E-state index is 13.0. The summed E-state index contributed by atoms with van der Waals surface area (Å²) in [5.74, 6) is 1.56. The Morgan fingerprint density at radius 3 is 1.98 bits per heavy atom. The van der Waals surface area contributed by atoms with E-state index in [1.165, 1.54) is 4.57 Å². The second-order valence-corrected chi connectivity index (χ2v) is 11.4. The second kappa shape index (κ2) is 14.6. The first-order valence-corrected chi connectivity index (χ1v) is 15.6. The molecule has 0 aliphatic carbocycles. The predicted octanol–water partition coefficient (Wildman–Crippen LogP) is 5.21. The maximum absolute atomic E-state index is 13.0. The van der Waals surface area contributed by atoms with Crippen molar-refractivity contribution in [3.8, 4) is 11.5 Å². The number of rotatable bonds is 13. The van der Waals surface area contributed by atoms with Gasteiger partial charge in [0.15, 0.2) is 5.78 Å². The second-order valence-electron chi connectivity index (χ2n) is 11.4. The van der Waals surface area contributed by atoms with E-state index >= 15 is 0 Å². The number of carbonyl (C=O) groups is 1. The topological polar surface area (TPSA) is 121 Å². The molecule has 3 atom stereocenters. The lowest BCUT2D eigenvalue weighted by atomic mass is 9.80. The van der Waals surface area contributed by atoms with Gasteiger partial charge in [0.25, 0.3) is 0 Å². The number of ether oxygens (including phenoxy) is 4. The van der Waals surface area contributed by atoms with Crippen LogP contribution in [0.25, 0.3) is 0 Å². The van der Waals surface area contributed by atoms with E-state index < -0.39 is 29.7 Å². The minimum absolute atomic E-state index is 0.00797. The van der Waals surface area contributed by atoms with Gasteiger partial charge in [0.2, 0.25) is 0 Å². The van der Waals surface area contributed by atoms with Gasteiger partial charge in [0.05, 0.1) is 33.5 Å². The van der Waals surface area contributed by atoms with Crippen molar-refractivity contribution >= 4 is 11.6 Å². The molecule has 246 valence electrons. The molecule has 0 unspecified atom stereocenters. The lowest BCUT2D eigenvalue weighted by molar-refractivity contribution is -0.0944. The van der Waals surface area contributed by atoms with Crippen LogP contribution in [0.5, 0.6) is 11.5 Å². The number of carbonyl (C=O) groups excluding carboxylic acids is 1. The molecule has 5 aromatic rings. The summed E-state index contributed by atoms with van der Waals surface area (Å²) in [7, 11) is 3.24. The number of ketones is 1. The van der Waals surface area contributed by atoms with Crippen LogP contribution >= 0.6 is 0 Å². The Morgan fingerprint density at radius 1 is 0.854 bits per heavy atom. The summed E-state index contributed by atoms with van der Waals surface area (Å²) < 4.78 is 25.3. The first-order chi connectivity index (χ1) is 23.4. The van der Waals surface area contributed by atoms with Gasteiger partial charge >= 0.3 is 5.69 Å². The molecule has 1 aliphatic heterocycles. The average Bonchev–Trinajstić information content (AvgIpc) is 3.51. The van der Waals surface area contributed by atoms with Crippen LogP contribution in [0.4, 0.5) is 5.82 Å². The zero-order chi connectivity index (χ0) is 33.5. The highest BCUT2D eigenvalue weighted by Gasteiger charge is 2.42. The molecule has 0 amide bonds. The number of benzene rings is 4. The van der Waals surface area contributed by atoms with Gasteiger partial charge in [-0.2, -0.15) is 4.98 Å². The van der Waals surface area contributed by atoms with Crippen LogP contribution in [0, 0.1) is 0 Å². The molecule has 2 heterocycles. The fourth-order valence-corrected chi connectivity index (χ4v) is 5.94. The van der Waals surface area contributed by atoms with E-state index in [0.717, 1.165) is 16.7 Å². The molecule has 2 N–H and O–H groups in total. The maximum Gasteiger partial charge on any atom is 0.351 e. The van der Waals surface area contributed by atoms with Crippen molar-refractivity contribution < 1.29 is 28.8 Å². The SMILES string of the molecule is COc1ccc(C(OC[C@H]2O[C@@H](n3ccc(NCC(=O)c4ccccc4)nc3=O)C[C@@H]2O)(c2ccccc2)c2ccc(OC)cc2)cc1. The Bertz CT molecular complexity index is 1820. The third-order valence-electron chi connectivity index (χ3n) is 8.51. The Labute approximate surface area is 278 Å². The van der Waals surface area contributed by atoms with Crippen molar-refractivity contribution in [3.63, 3.8) is 0 Å². The largest absolute Gasteiger partial charge is 0.497 e. The van der Waals surface area contributed by atoms with Crippen LogP contribution in [0.3, 0.4) is 0 Å². The van der Waals surface area contributed by atoms with Crippen molar-refractivity contribution in [2.75, 3.05) is 32.7 Å². The van der Waals surface area contributed by atoms with E-state index in [0.29, 0.717) is 17.1 Å². The first-order valence-electron chi connectivity index (χ1n) is 15.6. The molecular formula is C38H37N3O7. The minimum Gasteiger partial charge on any atom is -0.497 e. The number of aliphatic hydroxyl groups is 1. The number of aliphatic hydroxyl groups excluding tert-OH is 1. The Balaban J connectivity index is 1.23. The standard InChI is InChI=1S/C38H37N3O7/c1-45-30-17-13-28(14-18-30)38(27-11-7-4-8-12-27,29-15-19-31(46-2)20-16-29)47-25-34-32(42)23-36(48-34)41-22-21-35(40-37(41)44)39-24-33(43)26-9-5-3-6-10-26/h3-22,32,34,36,42H,23-25H2,1-2H3,(H,39,40,44)/t32-,34+,36+/m0/s1. The normalized spacial score (nSPS) is 17.5. The van der Waals surface area contributed by atoms with Crippen molar-refractivity contribution in [2.24, 2.45) is 0 Å². The van der Waals surface area contributed by atoms with Crippen LogP contribution in [-0.4, -0.2) is 60.0 Å². The van der Waals surface area contributed by atoms with Crippen LogP contribution in [-0.2, 0) is 15.1 Å². The molecule has 1 aromatic heterocycles. The lowest BCUT2D eigenvalue weighted by Crippen LogP contribution is -2.38. The molecule has 1 saturated heterocycles. The number of Topliss-reactive ketones (excluding diaryl/α,β-unsaturated/α-hetero) is 1. The average molecular weight is 648 g/mol. The van der Waals surface area contributed by atoms with Gasteiger partial charge in [-0.1, -0.05) is 84.9 Å². The van der Waals surface area contributed by atoms with Gasteiger partial charge in [-0.05, 0) is 47.0 Å². The summed E-state index contributed by atoms with van der Waals surface area (Å²) in [4.78, 5) is 29.6. The van der Waals surface area contributed by atoms with Crippen LogP contribution in [0.15, 0.2) is 126 Å². The molecule has 1 fully saturated rings. The number of methoxy groups -OCH3 is 2. The summed E-state index contributed by atoms with van der Waals surface area (Å²) in [5, 5.41) is 14.1. The fourth-order valence-electron chi connectivity index (χ4n) is 5.94. The Hall–Kier alpha value is -5.29. The van der Waals surface area contributed by atoms with Gasteiger partial charge in [-0.15, -0.1) is 0 Å². The fraction of sp³-hybridized carbons (Fsp3) is 0.237. The van der Waals surface area contributed by atoms with E-state index in [9.17, 15) is 14.7 Å². The van der Waals surface area contributed by atoms with Crippen LogP contribution in [0.2, 0.25) is 0 Å². The van der Waals surface area contributed by atoms with E-state index in [1.54, 1.807) is 50.7 Å². The molecule has 0 radical (unpaired) electrons. The Morgan fingerprint density at radius 2 is 1.42 bits per heavy atom. The number of aromatic nitrogens is 2. The number of hydrogen-bond donors (Lipinski definition) is 2. The molecular weight excluding hydrogens is 610 g/mol. The third-order valence-corrected chi connectivity index (χ3v) is 8.51. The van der Waals surface area contributed by atoms with Gasteiger partial charge in [-0.3, -0.25) is 9.36 Å². The zero-order valence-corrected chi connectivity index (χ0v) is 26.7. The highest BCUT2D eigenvalue weighted by Crippen LogP contribution is 2.42. The molecule has 6 rings (SSSR count). The highest BCUT2D eigenvalue weighted by atomic mass is 16.6. The molecule has 0 spiro atoms. The molecule has 4 aromatic carbocycles. The molecule has 1 aliphatic rings. The third kappa shape index (κ3) is 6.86. The van der Waals surface area contributed by atoms with Crippen LogP contribution < -0.4 is 20.5 Å². The quantitative estimate of drug-likeness (QED) is 0.131. The number of hydrogen-bond acceptors (Lipinski definition) is 9. The predicted molar refractivity (Wildman–Crippen MR) is 181 cm³/mol. The van der Waals surface area contributed by atoms with Gasteiger partial charge in [0, 0.05) is 18.2 Å². The van der Waals surface area contributed by atoms with E-state index in [4.69, 9.17) is 18.9 Å². The smallest absolute Gasteiger partial charge is 0.351 e. The number of nitrogens with one attached hydrogen (secondary N) is 1. The summed E-state index contributed by atoms with van der Waals surface area (Å²) in [6.07, 6.45) is -0.708. The van der Waals surface area contributed by atoms with Gasteiger partial charge < -0.3 is 29.4 Å². The van der Waals surface area contributed by atoms with Crippen molar-refractivity contribution in [1.29, 1.82) is 0 Å². The summed E-state index contributed by atoms with van der Waals surface area (Å²) in [6.45, 7) is -0.00187. The van der Waals surface area contributed by atoms with E-state index in [-0.39, 0.29) is 31.2 Å². The summed E-state index contributed by atoms with van der Waals surface area (Å²) in [6, 6.07) is 35.7. The lowest BCUT2D eigenvalue weighted by Gasteiger charge is -2.37. The molecule has 48 heavy (non-hydrogen) atoms. The van der Waals surface area contributed by atoms with Crippen molar-refractivity contribution in [2.45, 2.75) is 30.5 Å². The van der Waals surface area contributed by atoms with Gasteiger partial charge in [0.1, 0.15) is 35.2 Å². The van der Waals surface area contributed by atoms with Gasteiger partial charge in [-0.25, -0.2) is 4.79 Å². The van der Waals surface area contributed by atoms with Crippen molar-refractivity contribution in [3.05, 3.63) is 154 Å². The van der Waals surface area contributed by atoms with E-state index in [1.807, 2.05) is 84.9 Å². The van der Waals surface area contributed by atoms with Crippen molar-refractivity contribution in [1.82, 2.24) is 9.55 Å². The van der Waals surface area contributed by atoms with E-state index in [2.05, 4.69) is 10.3 Å². The monoisotopic (exact) mass is 647 g/mol. The number of nitrogens with zero attached hydrogens (tertiary/aromatic N) is 2. The first kappa shape index (κ1) is 32.6. The number of anilines is 1. The zero-order valence-electron chi connectivity index (χ0n) is 26.7.